The van der Waals surface area contributed by atoms with Crippen LogP contribution in [0.2, 0.25) is 5.02 Å². The molecule has 1 aromatic carbocycles. The molecule has 4 nitrogen and oxygen atoms in total. The fraction of sp³-hybridized carbons (Fsp3) is 0.444. The standard InChI is InChI=1S/C18H24ClN3OS/c1-4-22(5-2)12-6-11-20-17(23)16-13(3)21-18(24-16)14-7-9-15(19)10-8-14/h7-10H,4-6,11-12H2,1-3H3,(H,20,23). The SMILES string of the molecule is CCN(CC)CCCNC(=O)c1sc(-c2ccc(Cl)cc2)nc1C. The minimum atomic E-state index is -0.0373. The highest BCUT2D eigenvalue weighted by Crippen LogP contribution is 2.28. The molecule has 0 aliphatic rings. The topological polar surface area (TPSA) is 45.2 Å². The van der Waals surface area contributed by atoms with Gasteiger partial charge in [-0.05, 0) is 45.1 Å². The fourth-order valence-corrected chi connectivity index (χ4v) is 3.56. The predicted octanol–water partition coefficient (Wildman–Crippen LogP) is 4.23. The number of halogens is 1. The van der Waals surface area contributed by atoms with Gasteiger partial charge in [-0.1, -0.05) is 37.6 Å². The predicted molar refractivity (Wildman–Crippen MR) is 102 cm³/mol. The highest BCUT2D eigenvalue weighted by atomic mass is 35.5. The molecule has 1 heterocycles. The highest BCUT2D eigenvalue weighted by Gasteiger charge is 2.15. The van der Waals surface area contributed by atoms with E-state index >= 15 is 0 Å². The number of carbonyl (C=O) groups excluding carboxylic acids is 1. The Morgan fingerprint density at radius 2 is 1.92 bits per heavy atom. The number of rotatable bonds is 8. The first kappa shape index (κ1) is 18.9. The van der Waals surface area contributed by atoms with Crippen LogP contribution in [0.5, 0.6) is 0 Å². The van der Waals surface area contributed by atoms with Gasteiger partial charge in [0, 0.05) is 17.1 Å². The summed E-state index contributed by atoms with van der Waals surface area (Å²) in [5.41, 5.74) is 1.75. The molecule has 1 amide bonds. The summed E-state index contributed by atoms with van der Waals surface area (Å²) < 4.78 is 0. The third-order valence-corrected chi connectivity index (χ3v) is 5.38. The maximum Gasteiger partial charge on any atom is 0.263 e. The van der Waals surface area contributed by atoms with Crippen molar-refractivity contribution in [1.29, 1.82) is 0 Å². The molecule has 130 valence electrons. The van der Waals surface area contributed by atoms with Crippen molar-refractivity contribution in [2.24, 2.45) is 0 Å². The van der Waals surface area contributed by atoms with Gasteiger partial charge in [0.1, 0.15) is 9.88 Å². The lowest BCUT2D eigenvalue weighted by Crippen LogP contribution is -2.29. The third kappa shape index (κ3) is 5.03. The normalized spacial score (nSPS) is 11.0. The number of nitrogens with zero attached hydrogens (tertiary/aromatic N) is 2. The first-order valence-corrected chi connectivity index (χ1v) is 9.48. The molecule has 1 N–H and O–H groups in total. The van der Waals surface area contributed by atoms with E-state index in [2.05, 4.69) is 29.0 Å². The van der Waals surface area contributed by atoms with Gasteiger partial charge in [-0.2, -0.15) is 0 Å². The van der Waals surface area contributed by atoms with Gasteiger partial charge in [0.15, 0.2) is 0 Å². The number of hydrogen-bond donors (Lipinski definition) is 1. The quantitative estimate of drug-likeness (QED) is 0.712. The first-order chi connectivity index (χ1) is 11.5. The van der Waals surface area contributed by atoms with Crippen LogP contribution in [0.15, 0.2) is 24.3 Å². The molecule has 0 aliphatic carbocycles. The van der Waals surface area contributed by atoms with Crippen LogP contribution in [0, 0.1) is 6.92 Å². The average molecular weight is 366 g/mol. The van der Waals surface area contributed by atoms with E-state index in [0.29, 0.717) is 16.4 Å². The van der Waals surface area contributed by atoms with Crippen molar-refractivity contribution in [3.63, 3.8) is 0 Å². The van der Waals surface area contributed by atoms with Crippen LogP contribution in [-0.2, 0) is 0 Å². The fourth-order valence-electron chi connectivity index (χ4n) is 2.45. The summed E-state index contributed by atoms with van der Waals surface area (Å²) in [7, 11) is 0. The second-order valence-corrected chi connectivity index (χ2v) is 7.01. The Hall–Kier alpha value is -1.43. The van der Waals surface area contributed by atoms with Crippen molar-refractivity contribution < 1.29 is 4.79 Å². The zero-order valence-corrected chi connectivity index (χ0v) is 16.0. The molecular formula is C18H24ClN3OS. The van der Waals surface area contributed by atoms with E-state index in [0.717, 1.165) is 42.3 Å². The van der Waals surface area contributed by atoms with Crippen molar-refractivity contribution in [2.75, 3.05) is 26.2 Å². The maximum atomic E-state index is 12.4. The number of aromatic nitrogens is 1. The van der Waals surface area contributed by atoms with E-state index in [4.69, 9.17) is 11.6 Å². The number of hydrogen-bond acceptors (Lipinski definition) is 4. The number of thiazole rings is 1. The molecule has 6 heteroatoms. The number of benzene rings is 1. The van der Waals surface area contributed by atoms with Crippen molar-refractivity contribution in [3.8, 4) is 10.6 Å². The molecule has 24 heavy (non-hydrogen) atoms. The first-order valence-electron chi connectivity index (χ1n) is 8.29. The molecule has 2 rings (SSSR count). The number of amides is 1. The minimum Gasteiger partial charge on any atom is -0.351 e. The Bertz CT molecular complexity index is 665. The Morgan fingerprint density at radius 1 is 1.25 bits per heavy atom. The van der Waals surface area contributed by atoms with E-state index in [1.165, 1.54) is 11.3 Å². The summed E-state index contributed by atoms with van der Waals surface area (Å²) in [6.45, 7) is 9.96. The van der Waals surface area contributed by atoms with Gasteiger partial charge in [0.05, 0.1) is 5.69 Å². The molecule has 0 atom stereocenters. The Balaban J connectivity index is 1.94. The van der Waals surface area contributed by atoms with Crippen LogP contribution >= 0.6 is 22.9 Å². The molecule has 2 aromatic rings. The zero-order chi connectivity index (χ0) is 17.5. The van der Waals surface area contributed by atoms with Crippen LogP contribution in [0.25, 0.3) is 10.6 Å². The maximum absolute atomic E-state index is 12.4. The smallest absolute Gasteiger partial charge is 0.263 e. The van der Waals surface area contributed by atoms with E-state index < -0.39 is 0 Å². The minimum absolute atomic E-state index is 0.0373. The Morgan fingerprint density at radius 3 is 2.54 bits per heavy atom. The second-order valence-electron chi connectivity index (χ2n) is 5.58. The molecular weight excluding hydrogens is 342 g/mol. The Labute approximate surface area is 152 Å². The van der Waals surface area contributed by atoms with Gasteiger partial charge in [-0.25, -0.2) is 4.98 Å². The van der Waals surface area contributed by atoms with E-state index in [9.17, 15) is 4.79 Å². The summed E-state index contributed by atoms with van der Waals surface area (Å²) >= 11 is 7.34. The van der Waals surface area contributed by atoms with Gasteiger partial charge < -0.3 is 10.2 Å². The molecule has 0 saturated heterocycles. The van der Waals surface area contributed by atoms with Crippen molar-refractivity contribution >= 4 is 28.8 Å². The van der Waals surface area contributed by atoms with E-state index in [1.54, 1.807) is 0 Å². The molecule has 0 unspecified atom stereocenters. The van der Waals surface area contributed by atoms with Crippen LogP contribution < -0.4 is 5.32 Å². The summed E-state index contributed by atoms with van der Waals surface area (Å²) in [6.07, 6.45) is 0.954. The van der Waals surface area contributed by atoms with Gasteiger partial charge in [0.25, 0.3) is 5.91 Å². The van der Waals surface area contributed by atoms with Crippen LogP contribution in [-0.4, -0.2) is 42.0 Å². The number of aryl methyl sites for hydroxylation is 1. The molecule has 0 saturated carbocycles. The summed E-state index contributed by atoms with van der Waals surface area (Å²) in [6, 6.07) is 7.51. The van der Waals surface area contributed by atoms with Crippen LogP contribution in [0.4, 0.5) is 0 Å². The summed E-state index contributed by atoms with van der Waals surface area (Å²) in [5, 5.41) is 4.54. The summed E-state index contributed by atoms with van der Waals surface area (Å²) in [4.78, 5) is 19.9. The lowest BCUT2D eigenvalue weighted by molar-refractivity contribution is 0.0955. The second kappa shape index (κ2) is 9.16. The van der Waals surface area contributed by atoms with Gasteiger partial charge in [-0.15, -0.1) is 11.3 Å². The molecule has 0 aliphatic heterocycles. The largest absolute Gasteiger partial charge is 0.351 e. The van der Waals surface area contributed by atoms with Crippen molar-refractivity contribution in [1.82, 2.24) is 15.2 Å². The van der Waals surface area contributed by atoms with Crippen LogP contribution in [0.3, 0.4) is 0 Å². The number of carbonyl (C=O) groups is 1. The van der Waals surface area contributed by atoms with Crippen molar-refractivity contribution in [3.05, 3.63) is 39.9 Å². The number of nitrogens with one attached hydrogen (secondary N) is 1. The Kier molecular flexibility index (Phi) is 7.21. The van der Waals surface area contributed by atoms with E-state index in [1.807, 2.05) is 31.2 Å². The lowest BCUT2D eigenvalue weighted by Gasteiger charge is -2.17. The summed E-state index contributed by atoms with van der Waals surface area (Å²) in [5.74, 6) is -0.0373. The molecule has 0 fully saturated rings. The zero-order valence-electron chi connectivity index (χ0n) is 14.4. The average Bonchev–Trinajstić information content (AvgIpc) is 2.97. The molecule has 0 radical (unpaired) electrons. The van der Waals surface area contributed by atoms with Crippen molar-refractivity contribution in [2.45, 2.75) is 27.2 Å². The third-order valence-electron chi connectivity index (χ3n) is 3.93. The monoisotopic (exact) mass is 365 g/mol. The molecule has 1 aromatic heterocycles. The van der Waals surface area contributed by atoms with Crippen LogP contribution in [0.1, 0.15) is 35.6 Å². The molecule has 0 spiro atoms. The van der Waals surface area contributed by atoms with Gasteiger partial charge >= 0.3 is 0 Å². The lowest BCUT2D eigenvalue weighted by atomic mass is 10.2. The molecule has 0 bridgehead atoms. The van der Waals surface area contributed by atoms with Gasteiger partial charge in [-0.3, -0.25) is 4.79 Å². The van der Waals surface area contributed by atoms with E-state index in [-0.39, 0.29) is 5.91 Å². The highest BCUT2D eigenvalue weighted by molar-refractivity contribution is 7.17. The van der Waals surface area contributed by atoms with Gasteiger partial charge in [0.2, 0.25) is 0 Å².